The van der Waals surface area contributed by atoms with Crippen molar-refractivity contribution in [2.24, 2.45) is 0 Å². The van der Waals surface area contributed by atoms with Gasteiger partial charge in [-0.1, -0.05) is 315 Å². The maximum atomic E-state index is 12.8. The first-order valence-electron chi connectivity index (χ1n) is 32.2. The summed E-state index contributed by atoms with van der Waals surface area (Å²) >= 11 is 0. The molecular formula is C65H124O6. The third kappa shape index (κ3) is 58.9. The molecule has 0 aliphatic heterocycles. The van der Waals surface area contributed by atoms with Crippen LogP contribution in [0.2, 0.25) is 0 Å². The van der Waals surface area contributed by atoms with E-state index in [2.05, 4.69) is 32.9 Å². The lowest BCUT2D eigenvalue weighted by Gasteiger charge is -2.18. The minimum absolute atomic E-state index is 0.0682. The number of hydrogen-bond donors (Lipinski definition) is 0. The number of allylic oxidation sites excluding steroid dienone is 2. The Kier molecular flexibility index (Phi) is 59.1. The molecule has 0 fully saturated rings. The first-order chi connectivity index (χ1) is 35.0. The summed E-state index contributed by atoms with van der Waals surface area (Å²) in [6, 6.07) is 0. The summed E-state index contributed by atoms with van der Waals surface area (Å²) in [5, 5.41) is 0. The van der Waals surface area contributed by atoms with Crippen molar-refractivity contribution in [3.63, 3.8) is 0 Å². The summed E-state index contributed by atoms with van der Waals surface area (Å²) < 4.78 is 16.8. The molecule has 1 unspecified atom stereocenters. The average Bonchev–Trinajstić information content (AvgIpc) is 3.37. The van der Waals surface area contributed by atoms with E-state index in [-0.39, 0.29) is 31.1 Å². The van der Waals surface area contributed by atoms with E-state index in [0.29, 0.717) is 19.3 Å². The molecule has 71 heavy (non-hydrogen) atoms. The van der Waals surface area contributed by atoms with Crippen LogP contribution in [0.15, 0.2) is 12.2 Å². The number of carbonyl (C=O) groups is 3. The van der Waals surface area contributed by atoms with Crippen molar-refractivity contribution in [2.45, 2.75) is 374 Å². The van der Waals surface area contributed by atoms with Gasteiger partial charge in [0.15, 0.2) is 6.10 Å². The second kappa shape index (κ2) is 60.7. The molecule has 1 atom stereocenters. The molecular weight excluding hydrogens is 877 g/mol. The Morgan fingerprint density at radius 3 is 0.732 bits per heavy atom. The van der Waals surface area contributed by atoms with Crippen LogP contribution in [0.25, 0.3) is 0 Å². The zero-order valence-electron chi connectivity index (χ0n) is 48.3. The molecule has 0 saturated heterocycles. The lowest BCUT2D eigenvalue weighted by Crippen LogP contribution is -2.30. The minimum atomic E-state index is -0.767. The van der Waals surface area contributed by atoms with Crippen LogP contribution < -0.4 is 0 Å². The van der Waals surface area contributed by atoms with E-state index in [1.54, 1.807) is 0 Å². The molecule has 0 heterocycles. The second-order valence-electron chi connectivity index (χ2n) is 22.0. The quantitative estimate of drug-likeness (QED) is 0.0261. The molecule has 420 valence electrons. The SMILES string of the molecule is CCCCC/C=C\CCCCCCCC(=O)OC(COC(=O)CCCCCCCCCC)COC(=O)CCCCCCCCCCCCCCCCCCCCCCCCCCCCCCCCCCC. The highest BCUT2D eigenvalue weighted by molar-refractivity contribution is 5.71. The number of rotatable bonds is 60. The van der Waals surface area contributed by atoms with Crippen LogP contribution in [0.3, 0.4) is 0 Å². The predicted octanol–water partition coefficient (Wildman–Crippen LogP) is 21.7. The highest BCUT2D eigenvalue weighted by atomic mass is 16.6. The van der Waals surface area contributed by atoms with Gasteiger partial charge in [-0.25, -0.2) is 0 Å². The Bertz CT molecular complexity index is 1100. The molecule has 0 radical (unpaired) electrons. The van der Waals surface area contributed by atoms with Gasteiger partial charge in [0.05, 0.1) is 0 Å². The number of unbranched alkanes of at least 4 members (excludes halogenated alkanes) is 47. The lowest BCUT2D eigenvalue weighted by molar-refractivity contribution is -0.167. The van der Waals surface area contributed by atoms with Crippen molar-refractivity contribution < 1.29 is 28.6 Å². The Balaban J connectivity index is 3.90. The molecule has 0 aliphatic carbocycles. The third-order valence-corrected chi connectivity index (χ3v) is 14.8. The van der Waals surface area contributed by atoms with Crippen LogP contribution in [0.1, 0.15) is 367 Å². The van der Waals surface area contributed by atoms with Crippen LogP contribution in [0.4, 0.5) is 0 Å². The van der Waals surface area contributed by atoms with E-state index in [9.17, 15) is 14.4 Å². The van der Waals surface area contributed by atoms with Crippen molar-refractivity contribution in [3.05, 3.63) is 12.2 Å². The Labute approximate surface area is 443 Å². The van der Waals surface area contributed by atoms with Crippen molar-refractivity contribution >= 4 is 17.9 Å². The molecule has 0 aromatic heterocycles. The molecule has 0 aromatic carbocycles. The van der Waals surface area contributed by atoms with Gasteiger partial charge in [0.2, 0.25) is 0 Å². The van der Waals surface area contributed by atoms with E-state index in [1.807, 2.05) is 0 Å². The number of esters is 3. The van der Waals surface area contributed by atoms with Gasteiger partial charge in [0, 0.05) is 19.3 Å². The summed E-state index contributed by atoms with van der Waals surface area (Å²) in [5.74, 6) is -0.861. The molecule has 0 aromatic rings. The standard InChI is InChI=1S/C65H124O6/c1-4-7-10-13-16-19-21-23-24-25-26-27-28-29-30-31-32-33-34-35-36-37-38-39-40-41-42-43-45-46-49-52-55-58-64(67)70-61-62(60-69-63(66)57-54-51-48-18-15-12-9-6-3)71-65(68)59-56-53-50-47-44-22-20-17-14-11-8-5-2/h17,20,62H,4-16,18-19,21-61H2,1-3H3/b20-17-. The Morgan fingerprint density at radius 2 is 0.465 bits per heavy atom. The highest BCUT2D eigenvalue weighted by Crippen LogP contribution is 2.18. The van der Waals surface area contributed by atoms with E-state index in [1.165, 1.54) is 263 Å². The van der Waals surface area contributed by atoms with Crippen LogP contribution in [-0.2, 0) is 28.6 Å². The molecule has 0 saturated carbocycles. The van der Waals surface area contributed by atoms with Gasteiger partial charge in [-0.2, -0.15) is 0 Å². The second-order valence-corrected chi connectivity index (χ2v) is 22.0. The fourth-order valence-electron chi connectivity index (χ4n) is 9.91. The summed E-state index contributed by atoms with van der Waals surface area (Å²) in [4.78, 5) is 38.0. The van der Waals surface area contributed by atoms with Crippen molar-refractivity contribution in [1.82, 2.24) is 0 Å². The average molecular weight is 1000 g/mol. The maximum Gasteiger partial charge on any atom is 0.306 e. The third-order valence-electron chi connectivity index (χ3n) is 14.8. The van der Waals surface area contributed by atoms with E-state index < -0.39 is 6.10 Å². The van der Waals surface area contributed by atoms with Crippen molar-refractivity contribution in [3.8, 4) is 0 Å². The van der Waals surface area contributed by atoms with Crippen LogP contribution >= 0.6 is 0 Å². The maximum absolute atomic E-state index is 12.8. The van der Waals surface area contributed by atoms with Gasteiger partial charge in [-0.05, 0) is 44.9 Å². The van der Waals surface area contributed by atoms with E-state index in [0.717, 1.165) is 64.2 Å². The fourth-order valence-corrected chi connectivity index (χ4v) is 9.91. The van der Waals surface area contributed by atoms with Gasteiger partial charge in [-0.3, -0.25) is 14.4 Å². The van der Waals surface area contributed by atoms with Gasteiger partial charge in [0.1, 0.15) is 13.2 Å². The number of ether oxygens (including phenoxy) is 3. The summed E-state index contributed by atoms with van der Waals surface area (Å²) in [7, 11) is 0. The molecule has 6 heteroatoms. The monoisotopic (exact) mass is 1000 g/mol. The Morgan fingerprint density at radius 1 is 0.268 bits per heavy atom. The number of hydrogen-bond acceptors (Lipinski definition) is 6. The zero-order chi connectivity index (χ0) is 51.4. The topological polar surface area (TPSA) is 78.9 Å². The molecule has 0 rings (SSSR count). The van der Waals surface area contributed by atoms with Gasteiger partial charge >= 0.3 is 17.9 Å². The molecule has 6 nitrogen and oxygen atoms in total. The van der Waals surface area contributed by atoms with Crippen LogP contribution in [-0.4, -0.2) is 37.2 Å². The van der Waals surface area contributed by atoms with Crippen molar-refractivity contribution in [2.75, 3.05) is 13.2 Å². The summed E-state index contributed by atoms with van der Waals surface area (Å²) in [6.07, 6.45) is 71.3. The fraction of sp³-hybridized carbons (Fsp3) is 0.923. The summed E-state index contributed by atoms with van der Waals surface area (Å²) in [5.41, 5.74) is 0. The predicted molar refractivity (Wildman–Crippen MR) is 307 cm³/mol. The highest BCUT2D eigenvalue weighted by Gasteiger charge is 2.19. The van der Waals surface area contributed by atoms with Crippen LogP contribution in [0, 0.1) is 0 Å². The smallest absolute Gasteiger partial charge is 0.306 e. The molecule has 0 spiro atoms. The molecule has 0 N–H and O–H groups in total. The van der Waals surface area contributed by atoms with Gasteiger partial charge < -0.3 is 14.2 Å². The zero-order valence-corrected chi connectivity index (χ0v) is 48.3. The first kappa shape index (κ1) is 69.2. The minimum Gasteiger partial charge on any atom is -0.462 e. The summed E-state index contributed by atoms with van der Waals surface area (Å²) in [6.45, 7) is 6.63. The molecule has 0 bridgehead atoms. The van der Waals surface area contributed by atoms with Crippen LogP contribution in [0.5, 0.6) is 0 Å². The lowest BCUT2D eigenvalue weighted by atomic mass is 10.0. The molecule has 0 amide bonds. The Hall–Kier alpha value is -1.85. The molecule has 0 aliphatic rings. The first-order valence-corrected chi connectivity index (χ1v) is 32.2. The van der Waals surface area contributed by atoms with Crippen molar-refractivity contribution in [1.29, 1.82) is 0 Å². The van der Waals surface area contributed by atoms with Gasteiger partial charge in [-0.15, -0.1) is 0 Å². The van der Waals surface area contributed by atoms with E-state index in [4.69, 9.17) is 14.2 Å². The van der Waals surface area contributed by atoms with E-state index >= 15 is 0 Å². The largest absolute Gasteiger partial charge is 0.462 e. The number of carbonyl (C=O) groups excluding carboxylic acids is 3. The van der Waals surface area contributed by atoms with Gasteiger partial charge in [0.25, 0.3) is 0 Å². The normalized spacial score (nSPS) is 12.0.